The molecule has 2 atom stereocenters. The third-order valence-electron chi connectivity index (χ3n) is 4.94. The van der Waals surface area contributed by atoms with Crippen LogP contribution in [-0.4, -0.2) is 35.6 Å². The highest BCUT2D eigenvalue weighted by Gasteiger charge is 2.41. The first-order valence-electron chi connectivity index (χ1n) is 7.50. The molecule has 102 valence electrons. The fraction of sp³-hybridized carbons (Fsp3) is 1.00. The predicted octanol–water partition coefficient (Wildman–Crippen LogP) is 3.27. The van der Waals surface area contributed by atoms with Gasteiger partial charge in [-0.25, -0.2) is 0 Å². The first-order chi connectivity index (χ1) is 8.00. The Labute approximate surface area is 108 Å². The van der Waals surface area contributed by atoms with Crippen molar-refractivity contribution in [1.29, 1.82) is 0 Å². The van der Waals surface area contributed by atoms with Gasteiger partial charge in [0, 0.05) is 30.7 Å². The monoisotopic (exact) mass is 240 g/mol. The summed E-state index contributed by atoms with van der Waals surface area (Å²) in [4.78, 5) is 2.79. The molecule has 1 aliphatic heterocycles. The van der Waals surface area contributed by atoms with Crippen LogP contribution in [0.5, 0.6) is 0 Å². The van der Waals surface area contributed by atoms with Crippen molar-refractivity contribution in [3.05, 3.63) is 0 Å². The highest BCUT2D eigenvalue weighted by molar-refractivity contribution is 4.99. The molecule has 2 heteroatoms. The van der Waals surface area contributed by atoms with Crippen molar-refractivity contribution >= 4 is 0 Å². The van der Waals surface area contributed by atoms with Crippen molar-refractivity contribution in [3.63, 3.8) is 0 Å². The quantitative estimate of drug-likeness (QED) is 0.793. The van der Waals surface area contributed by atoms with E-state index in [2.05, 4.69) is 51.8 Å². The Morgan fingerprint density at radius 3 is 2.18 bits per heavy atom. The number of hydrogen-bond acceptors (Lipinski definition) is 2. The zero-order valence-electron chi connectivity index (χ0n) is 12.7. The fourth-order valence-electron chi connectivity index (χ4n) is 3.11. The summed E-state index contributed by atoms with van der Waals surface area (Å²) in [5.74, 6) is 0.730. The van der Waals surface area contributed by atoms with E-state index in [9.17, 15) is 0 Å². The molecule has 0 radical (unpaired) electrons. The zero-order valence-corrected chi connectivity index (χ0v) is 12.7. The SMILES string of the molecule is CCC(C)N1CC(C(C)C)NCC1(CC)CC. The van der Waals surface area contributed by atoms with Crippen molar-refractivity contribution in [2.75, 3.05) is 13.1 Å². The number of hydrogen-bond donors (Lipinski definition) is 1. The maximum absolute atomic E-state index is 3.78. The summed E-state index contributed by atoms with van der Waals surface area (Å²) in [7, 11) is 0. The maximum atomic E-state index is 3.78. The molecule has 1 fully saturated rings. The van der Waals surface area contributed by atoms with Gasteiger partial charge in [-0.05, 0) is 32.1 Å². The minimum atomic E-state index is 0.390. The van der Waals surface area contributed by atoms with Crippen molar-refractivity contribution in [1.82, 2.24) is 10.2 Å². The molecule has 2 unspecified atom stereocenters. The van der Waals surface area contributed by atoms with Gasteiger partial charge in [0.1, 0.15) is 0 Å². The number of rotatable bonds is 5. The second-order valence-electron chi connectivity index (χ2n) is 6.07. The summed E-state index contributed by atoms with van der Waals surface area (Å²) < 4.78 is 0. The maximum Gasteiger partial charge on any atom is 0.0332 e. The Hall–Kier alpha value is -0.0800. The van der Waals surface area contributed by atoms with Crippen LogP contribution >= 0.6 is 0 Å². The van der Waals surface area contributed by atoms with Gasteiger partial charge in [0.05, 0.1) is 0 Å². The summed E-state index contributed by atoms with van der Waals surface area (Å²) >= 11 is 0. The summed E-state index contributed by atoms with van der Waals surface area (Å²) in [6.07, 6.45) is 3.77. The number of piperazine rings is 1. The van der Waals surface area contributed by atoms with Gasteiger partial charge < -0.3 is 5.32 Å². The Morgan fingerprint density at radius 2 is 1.76 bits per heavy atom. The van der Waals surface area contributed by atoms with Crippen LogP contribution in [0.2, 0.25) is 0 Å². The van der Waals surface area contributed by atoms with Gasteiger partial charge in [0.25, 0.3) is 0 Å². The molecule has 0 amide bonds. The normalized spacial score (nSPS) is 27.4. The van der Waals surface area contributed by atoms with Crippen LogP contribution in [-0.2, 0) is 0 Å². The molecule has 0 aromatic heterocycles. The second kappa shape index (κ2) is 6.19. The van der Waals surface area contributed by atoms with E-state index in [1.54, 1.807) is 0 Å². The lowest BCUT2D eigenvalue weighted by Gasteiger charge is -2.53. The van der Waals surface area contributed by atoms with E-state index >= 15 is 0 Å². The average Bonchev–Trinajstić information content (AvgIpc) is 2.36. The van der Waals surface area contributed by atoms with Gasteiger partial charge in [-0.3, -0.25) is 4.90 Å². The standard InChI is InChI=1S/C15H32N2/c1-7-13(6)17-10-14(12(4)5)16-11-15(17,8-2)9-3/h12-14,16H,7-11H2,1-6H3. The minimum Gasteiger partial charge on any atom is -0.311 e. The Morgan fingerprint density at radius 1 is 1.18 bits per heavy atom. The van der Waals surface area contributed by atoms with E-state index in [1.807, 2.05) is 0 Å². The van der Waals surface area contributed by atoms with Crippen LogP contribution in [0, 0.1) is 5.92 Å². The van der Waals surface area contributed by atoms with Gasteiger partial charge >= 0.3 is 0 Å². The van der Waals surface area contributed by atoms with E-state index in [0.717, 1.165) is 12.5 Å². The Kier molecular flexibility index (Phi) is 5.46. The molecular weight excluding hydrogens is 208 g/mol. The first-order valence-corrected chi connectivity index (χ1v) is 7.50. The van der Waals surface area contributed by atoms with Crippen molar-refractivity contribution < 1.29 is 0 Å². The van der Waals surface area contributed by atoms with Crippen LogP contribution in [0.3, 0.4) is 0 Å². The lowest BCUT2D eigenvalue weighted by atomic mass is 9.84. The topological polar surface area (TPSA) is 15.3 Å². The molecule has 0 aromatic rings. The largest absolute Gasteiger partial charge is 0.311 e. The highest BCUT2D eigenvalue weighted by Crippen LogP contribution is 2.31. The summed E-state index contributed by atoms with van der Waals surface area (Å²) in [6, 6.07) is 1.37. The number of nitrogens with one attached hydrogen (secondary N) is 1. The first kappa shape index (κ1) is 15.0. The van der Waals surface area contributed by atoms with E-state index in [4.69, 9.17) is 0 Å². The smallest absolute Gasteiger partial charge is 0.0332 e. The van der Waals surface area contributed by atoms with Crippen LogP contribution < -0.4 is 5.32 Å². The molecule has 1 rings (SSSR count). The Bertz CT molecular complexity index is 221. The molecule has 0 spiro atoms. The third-order valence-corrected chi connectivity index (χ3v) is 4.94. The second-order valence-corrected chi connectivity index (χ2v) is 6.07. The molecule has 1 saturated heterocycles. The molecule has 0 bridgehead atoms. The van der Waals surface area contributed by atoms with Gasteiger partial charge in [-0.15, -0.1) is 0 Å². The molecule has 0 aliphatic carbocycles. The molecule has 0 saturated carbocycles. The summed E-state index contributed by atoms with van der Waals surface area (Å²) in [5, 5.41) is 3.78. The summed E-state index contributed by atoms with van der Waals surface area (Å²) in [5.41, 5.74) is 0.390. The lowest BCUT2D eigenvalue weighted by molar-refractivity contribution is -0.00798. The molecule has 1 N–H and O–H groups in total. The van der Waals surface area contributed by atoms with Crippen LogP contribution in [0.1, 0.15) is 60.8 Å². The molecule has 17 heavy (non-hydrogen) atoms. The lowest BCUT2D eigenvalue weighted by Crippen LogP contribution is -2.67. The van der Waals surface area contributed by atoms with Gasteiger partial charge in [-0.2, -0.15) is 0 Å². The van der Waals surface area contributed by atoms with Gasteiger partial charge in [0.2, 0.25) is 0 Å². The molecule has 2 nitrogen and oxygen atoms in total. The molecule has 1 aliphatic rings. The summed E-state index contributed by atoms with van der Waals surface area (Å²) in [6.45, 7) is 16.4. The predicted molar refractivity (Wildman–Crippen MR) is 76.4 cm³/mol. The zero-order chi connectivity index (χ0) is 13.1. The highest BCUT2D eigenvalue weighted by atomic mass is 15.3. The van der Waals surface area contributed by atoms with Crippen LogP contribution in [0.25, 0.3) is 0 Å². The van der Waals surface area contributed by atoms with E-state index in [0.29, 0.717) is 17.6 Å². The van der Waals surface area contributed by atoms with Crippen molar-refractivity contribution in [2.24, 2.45) is 5.92 Å². The Balaban J connectivity index is 2.86. The fourth-order valence-corrected chi connectivity index (χ4v) is 3.11. The number of nitrogens with zero attached hydrogens (tertiary/aromatic N) is 1. The average molecular weight is 240 g/mol. The van der Waals surface area contributed by atoms with E-state index in [1.165, 1.54) is 25.8 Å². The van der Waals surface area contributed by atoms with E-state index in [-0.39, 0.29) is 0 Å². The van der Waals surface area contributed by atoms with E-state index < -0.39 is 0 Å². The van der Waals surface area contributed by atoms with Crippen molar-refractivity contribution in [3.8, 4) is 0 Å². The van der Waals surface area contributed by atoms with Gasteiger partial charge in [0.15, 0.2) is 0 Å². The molecular formula is C15H32N2. The van der Waals surface area contributed by atoms with Crippen LogP contribution in [0.4, 0.5) is 0 Å². The van der Waals surface area contributed by atoms with Crippen LogP contribution in [0.15, 0.2) is 0 Å². The molecule has 1 heterocycles. The van der Waals surface area contributed by atoms with Gasteiger partial charge in [-0.1, -0.05) is 34.6 Å². The molecule has 0 aromatic carbocycles. The third kappa shape index (κ3) is 3.03. The van der Waals surface area contributed by atoms with Crippen molar-refractivity contribution in [2.45, 2.75) is 78.4 Å². The minimum absolute atomic E-state index is 0.390.